The fourth-order valence-corrected chi connectivity index (χ4v) is 2.83. The van der Waals surface area contributed by atoms with Crippen molar-refractivity contribution >= 4 is 35.1 Å². The van der Waals surface area contributed by atoms with E-state index >= 15 is 0 Å². The van der Waals surface area contributed by atoms with Crippen LogP contribution in [0.15, 0.2) is 48.8 Å². The monoisotopic (exact) mass is 390 g/mol. The number of nitrogens with zero attached hydrogens (tertiary/aromatic N) is 3. The van der Waals surface area contributed by atoms with Crippen LogP contribution in [0.25, 0.3) is 0 Å². The lowest BCUT2D eigenvalue weighted by Crippen LogP contribution is -2.15. The SMILES string of the molecule is CCOc1ccccc1C(=O)Nc1ncn(Cc2ccc(Cl)cc2Cl)n1. The van der Waals surface area contributed by atoms with Gasteiger partial charge in [-0.05, 0) is 36.8 Å². The van der Waals surface area contributed by atoms with Gasteiger partial charge in [0.05, 0.1) is 18.7 Å². The lowest BCUT2D eigenvalue weighted by Gasteiger charge is -2.08. The van der Waals surface area contributed by atoms with Crippen molar-refractivity contribution in [2.75, 3.05) is 11.9 Å². The average Bonchev–Trinajstić information content (AvgIpc) is 3.05. The number of amides is 1. The molecule has 0 fully saturated rings. The summed E-state index contributed by atoms with van der Waals surface area (Å²) in [5.41, 5.74) is 1.27. The molecule has 0 radical (unpaired) electrons. The molecule has 0 unspecified atom stereocenters. The van der Waals surface area contributed by atoms with E-state index in [9.17, 15) is 4.79 Å². The third kappa shape index (κ3) is 4.33. The summed E-state index contributed by atoms with van der Waals surface area (Å²) in [6.07, 6.45) is 1.52. The fourth-order valence-electron chi connectivity index (χ4n) is 2.36. The Bertz CT molecular complexity index is 927. The highest BCUT2D eigenvalue weighted by Crippen LogP contribution is 2.22. The van der Waals surface area contributed by atoms with Gasteiger partial charge in [-0.15, -0.1) is 5.10 Å². The third-order valence-corrected chi connectivity index (χ3v) is 4.13. The zero-order chi connectivity index (χ0) is 18.5. The van der Waals surface area contributed by atoms with Gasteiger partial charge in [0.25, 0.3) is 5.91 Å². The number of para-hydroxylation sites is 1. The second-order valence-corrected chi connectivity index (χ2v) is 6.23. The summed E-state index contributed by atoms with van der Waals surface area (Å²) in [6.45, 7) is 2.74. The summed E-state index contributed by atoms with van der Waals surface area (Å²) >= 11 is 12.1. The normalized spacial score (nSPS) is 10.6. The zero-order valence-electron chi connectivity index (χ0n) is 13.9. The lowest BCUT2D eigenvalue weighted by atomic mass is 10.2. The molecule has 0 spiro atoms. The topological polar surface area (TPSA) is 69.0 Å². The van der Waals surface area contributed by atoms with Crippen molar-refractivity contribution in [3.05, 3.63) is 70.0 Å². The van der Waals surface area contributed by atoms with Gasteiger partial charge in [-0.3, -0.25) is 10.1 Å². The Balaban J connectivity index is 1.71. The Labute approximate surface area is 160 Å². The van der Waals surface area contributed by atoms with E-state index in [4.69, 9.17) is 27.9 Å². The summed E-state index contributed by atoms with van der Waals surface area (Å²) in [5.74, 6) is 0.377. The minimum atomic E-state index is -0.337. The number of hydrogen-bond acceptors (Lipinski definition) is 4. The van der Waals surface area contributed by atoms with E-state index in [2.05, 4.69) is 15.4 Å². The van der Waals surface area contributed by atoms with E-state index in [1.165, 1.54) is 6.33 Å². The molecule has 6 nitrogen and oxygen atoms in total. The highest BCUT2D eigenvalue weighted by atomic mass is 35.5. The molecule has 0 aliphatic rings. The van der Waals surface area contributed by atoms with E-state index < -0.39 is 0 Å². The molecule has 1 aromatic heterocycles. The summed E-state index contributed by atoms with van der Waals surface area (Å²) in [5, 5.41) is 8.04. The maximum Gasteiger partial charge on any atom is 0.261 e. The van der Waals surface area contributed by atoms with Gasteiger partial charge in [-0.25, -0.2) is 9.67 Å². The second-order valence-electron chi connectivity index (χ2n) is 5.38. The summed E-state index contributed by atoms with van der Waals surface area (Å²) < 4.78 is 7.05. The lowest BCUT2D eigenvalue weighted by molar-refractivity contribution is 0.102. The molecule has 3 rings (SSSR count). The Kier molecular flexibility index (Phi) is 5.75. The molecule has 8 heteroatoms. The molecule has 3 aromatic rings. The maximum absolute atomic E-state index is 12.5. The van der Waals surface area contributed by atoms with Crippen LogP contribution in [0.2, 0.25) is 10.0 Å². The maximum atomic E-state index is 12.5. The highest BCUT2D eigenvalue weighted by Gasteiger charge is 2.14. The van der Waals surface area contributed by atoms with Crippen LogP contribution in [0, 0.1) is 0 Å². The number of halogens is 2. The van der Waals surface area contributed by atoms with Gasteiger partial charge in [-0.2, -0.15) is 0 Å². The number of carbonyl (C=O) groups is 1. The number of hydrogen-bond donors (Lipinski definition) is 1. The smallest absolute Gasteiger partial charge is 0.261 e. The quantitative estimate of drug-likeness (QED) is 0.681. The van der Waals surface area contributed by atoms with Crippen molar-refractivity contribution in [1.82, 2.24) is 14.8 Å². The zero-order valence-corrected chi connectivity index (χ0v) is 15.5. The van der Waals surface area contributed by atoms with Gasteiger partial charge in [0, 0.05) is 10.0 Å². The molecule has 2 aromatic carbocycles. The molecule has 26 heavy (non-hydrogen) atoms. The molecule has 0 aliphatic carbocycles. The number of nitrogens with one attached hydrogen (secondary N) is 1. The average molecular weight is 391 g/mol. The Morgan fingerprint density at radius 3 is 2.81 bits per heavy atom. The molecule has 0 saturated carbocycles. The number of carbonyl (C=O) groups excluding carboxylic acids is 1. The van der Waals surface area contributed by atoms with E-state index in [0.717, 1.165) is 5.56 Å². The van der Waals surface area contributed by atoms with Gasteiger partial charge >= 0.3 is 0 Å². The minimum absolute atomic E-state index is 0.200. The molecule has 0 saturated heterocycles. The van der Waals surface area contributed by atoms with Gasteiger partial charge in [-0.1, -0.05) is 41.4 Å². The Morgan fingerprint density at radius 2 is 2.04 bits per heavy atom. The number of benzene rings is 2. The predicted molar refractivity (Wildman–Crippen MR) is 101 cm³/mol. The molecule has 0 atom stereocenters. The first-order valence-electron chi connectivity index (χ1n) is 7.93. The van der Waals surface area contributed by atoms with Crippen LogP contribution >= 0.6 is 23.2 Å². The number of anilines is 1. The van der Waals surface area contributed by atoms with Crippen LogP contribution in [0.4, 0.5) is 5.95 Å². The van der Waals surface area contributed by atoms with Gasteiger partial charge in [0.15, 0.2) is 0 Å². The number of ether oxygens (including phenoxy) is 1. The van der Waals surface area contributed by atoms with E-state index in [1.54, 1.807) is 35.0 Å². The van der Waals surface area contributed by atoms with Crippen LogP contribution in [-0.4, -0.2) is 27.3 Å². The standard InChI is InChI=1S/C18H16Cl2N4O2/c1-2-26-16-6-4-3-5-14(16)17(25)22-18-21-11-24(23-18)10-12-7-8-13(19)9-15(12)20/h3-9,11H,2,10H2,1H3,(H,22,23,25). The van der Waals surface area contributed by atoms with Crippen molar-refractivity contribution in [2.45, 2.75) is 13.5 Å². The first-order valence-corrected chi connectivity index (χ1v) is 8.69. The molecular weight excluding hydrogens is 375 g/mol. The highest BCUT2D eigenvalue weighted by molar-refractivity contribution is 6.35. The molecule has 0 bridgehead atoms. The first kappa shape index (κ1) is 18.2. The van der Waals surface area contributed by atoms with E-state index in [0.29, 0.717) is 34.5 Å². The van der Waals surface area contributed by atoms with Crippen molar-refractivity contribution in [1.29, 1.82) is 0 Å². The van der Waals surface area contributed by atoms with Crippen LogP contribution in [0.5, 0.6) is 5.75 Å². The van der Waals surface area contributed by atoms with Crippen LogP contribution in [0.3, 0.4) is 0 Å². The van der Waals surface area contributed by atoms with Crippen LogP contribution in [-0.2, 0) is 6.54 Å². The van der Waals surface area contributed by atoms with Crippen molar-refractivity contribution < 1.29 is 9.53 Å². The fraction of sp³-hybridized carbons (Fsp3) is 0.167. The largest absolute Gasteiger partial charge is 0.493 e. The second kappa shape index (κ2) is 8.21. The number of rotatable bonds is 6. The molecule has 1 N–H and O–H groups in total. The van der Waals surface area contributed by atoms with Crippen molar-refractivity contribution in [2.24, 2.45) is 0 Å². The summed E-state index contributed by atoms with van der Waals surface area (Å²) in [7, 11) is 0. The number of aromatic nitrogens is 3. The summed E-state index contributed by atoms with van der Waals surface area (Å²) in [4.78, 5) is 16.6. The van der Waals surface area contributed by atoms with Gasteiger partial charge < -0.3 is 4.74 Å². The predicted octanol–water partition coefficient (Wildman–Crippen LogP) is 4.28. The third-order valence-electron chi connectivity index (χ3n) is 3.54. The summed E-state index contributed by atoms with van der Waals surface area (Å²) in [6, 6.07) is 12.3. The Hall–Kier alpha value is -2.57. The van der Waals surface area contributed by atoms with Crippen molar-refractivity contribution in [3.63, 3.8) is 0 Å². The van der Waals surface area contributed by atoms with Crippen LogP contribution in [0.1, 0.15) is 22.8 Å². The van der Waals surface area contributed by atoms with Crippen LogP contribution < -0.4 is 10.1 Å². The molecule has 0 aliphatic heterocycles. The first-order chi connectivity index (χ1) is 12.6. The molecule has 134 valence electrons. The molecule has 1 heterocycles. The molecule has 1 amide bonds. The van der Waals surface area contributed by atoms with Gasteiger partial charge in [0.2, 0.25) is 5.95 Å². The molecular formula is C18H16Cl2N4O2. The van der Waals surface area contributed by atoms with Gasteiger partial charge in [0.1, 0.15) is 12.1 Å². The van der Waals surface area contributed by atoms with E-state index in [1.807, 2.05) is 19.1 Å². The van der Waals surface area contributed by atoms with E-state index in [-0.39, 0.29) is 11.9 Å². The Morgan fingerprint density at radius 1 is 1.23 bits per heavy atom. The van der Waals surface area contributed by atoms with Crippen molar-refractivity contribution in [3.8, 4) is 5.75 Å². The minimum Gasteiger partial charge on any atom is -0.493 e.